The lowest BCUT2D eigenvalue weighted by Gasteiger charge is -2.02. The van der Waals surface area contributed by atoms with Crippen LogP contribution in [0.5, 0.6) is 5.75 Å². The van der Waals surface area contributed by atoms with Crippen LogP contribution in [0.3, 0.4) is 0 Å². The number of rotatable bonds is 7. The number of aromatic nitrogens is 4. The summed E-state index contributed by atoms with van der Waals surface area (Å²) in [4.78, 5) is 12.8. The highest BCUT2D eigenvalue weighted by Crippen LogP contribution is 2.29. The van der Waals surface area contributed by atoms with Crippen molar-refractivity contribution < 1.29 is 9.53 Å². The molecule has 3 aromatic rings. The number of carbonyl (C=O) groups is 1. The molecule has 0 fully saturated rings. The number of carbonyl (C=O) groups excluding carboxylic acids is 1. The van der Waals surface area contributed by atoms with Gasteiger partial charge in [0.1, 0.15) is 10.6 Å². The SMILES string of the molecule is CCc1nnsc1C(=O)Nc1nnc(SCc2cccc(OC)c2)s1. The predicted octanol–water partition coefficient (Wildman–Crippen LogP) is 3.51. The van der Waals surface area contributed by atoms with E-state index in [9.17, 15) is 4.79 Å². The number of benzene rings is 1. The summed E-state index contributed by atoms with van der Waals surface area (Å²) < 4.78 is 9.83. The largest absolute Gasteiger partial charge is 0.497 e. The molecule has 0 aliphatic carbocycles. The molecule has 0 spiro atoms. The maximum absolute atomic E-state index is 12.3. The molecule has 1 amide bonds. The molecule has 0 saturated carbocycles. The molecule has 7 nitrogen and oxygen atoms in total. The zero-order valence-electron chi connectivity index (χ0n) is 13.6. The van der Waals surface area contributed by atoms with E-state index in [1.165, 1.54) is 11.3 Å². The van der Waals surface area contributed by atoms with E-state index >= 15 is 0 Å². The lowest BCUT2D eigenvalue weighted by molar-refractivity contribution is 0.102. The van der Waals surface area contributed by atoms with Crippen LogP contribution < -0.4 is 10.1 Å². The van der Waals surface area contributed by atoms with Gasteiger partial charge >= 0.3 is 0 Å². The highest BCUT2D eigenvalue weighted by atomic mass is 32.2. The molecule has 0 aliphatic rings. The molecule has 130 valence electrons. The number of nitrogens with one attached hydrogen (secondary N) is 1. The van der Waals surface area contributed by atoms with Crippen LogP contribution in [0.25, 0.3) is 0 Å². The third-order valence-corrected chi connectivity index (χ3v) is 6.03. The molecule has 0 unspecified atom stereocenters. The molecule has 0 radical (unpaired) electrons. The monoisotopic (exact) mass is 393 g/mol. The van der Waals surface area contributed by atoms with Gasteiger partial charge in [0.2, 0.25) is 5.13 Å². The van der Waals surface area contributed by atoms with Gasteiger partial charge in [-0.3, -0.25) is 10.1 Å². The molecule has 10 heteroatoms. The normalized spacial score (nSPS) is 10.6. The first-order valence-corrected chi connectivity index (χ1v) is 9.99. The van der Waals surface area contributed by atoms with Crippen molar-refractivity contribution in [2.75, 3.05) is 12.4 Å². The van der Waals surface area contributed by atoms with E-state index in [4.69, 9.17) is 4.74 Å². The Morgan fingerprint density at radius 3 is 3.00 bits per heavy atom. The van der Waals surface area contributed by atoms with Crippen molar-refractivity contribution in [3.05, 3.63) is 40.4 Å². The van der Waals surface area contributed by atoms with Crippen molar-refractivity contribution in [2.45, 2.75) is 23.4 Å². The summed E-state index contributed by atoms with van der Waals surface area (Å²) in [6, 6.07) is 7.88. The fourth-order valence-corrected chi connectivity index (χ4v) is 4.33. The van der Waals surface area contributed by atoms with Crippen LogP contribution in [0.4, 0.5) is 5.13 Å². The fourth-order valence-electron chi connectivity index (χ4n) is 1.99. The minimum Gasteiger partial charge on any atom is -0.497 e. The highest BCUT2D eigenvalue weighted by Gasteiger charge is 2.17. The lowest BCUT2D eigenvalue weighted by Crippen LogP contribution is -2.12. The van der Waals surface area contributed by atoms with Crippen LogP contribution in [0.2, 0.25) is 0 Å². The Balaban J connectivity index is 1.59. The van der Waals surface area contributed by atoms with Gasteiger partial charge in [-0.1, -0.05) is 46.6 Å². The van der Waals surface area contributed by atoms with E-state index in [-0.39, 0.29) is 5.91 Å². The number of aryl methyl sites for hydroxylation is 1. The number of nitrogens with zero attached hydrogens (tertiary/aromatic N) is 4. The molecule has 25 heavy (non-hydrogen) atoms. The maximum atomic E-state index is 12.3. The molecule has 2 aromatic heterocycles. The summed E-state index contributed by atoms with van der Waals surface area (Å²) in [6.07, 6.45) is 0.664. The minimum absolute atomic E-state index is 0.243. The van der Waals surface area contributed by atoms with Crippen molar-refractivity contribution in [2.24, 2.45) is 0 Å². The molecule has 0 saturated heterocycles. The van der Waals surface area contributed by atoms with Gasteiger partial charge in [0.25, 0.3) is 5.91 Å². The van der Waals surface area contributed by atoms with Crippen molar-refractivity contribution in [1.29, 1.82) is 0 Å². The van der Waals surface area contributed by atoms with Gasteiger partial charge in [-0.15, -0.1) is 15.3 Å². The number of methoxy groups -OCH3 is 1. The molecule has 0 bridgehead atoms. The van der Waals surface area contributed by atoms with E-state index in [2.05, 4.69) is 25.1 Å². The molecule has 1 N–H and O–H groups in total. The van der Waals surface area contributed by atoms with Gasteiger partial charge in [0.15, 0.2) is 4.34 Å². The first-order chi connectivity index (χ1) is 12.2. The molecule has 2 heterocycles. The summed E-state index contributed by atoms with van der Waals surface area (Å²) in [5.41, 5.74) is 1.83. The number of amides is 1. The molecular weight excluding hydrogens is 378 g/mol. The molecule has 0 atom stereocenters. The molecule has 1 aromatic carbocycles. The van der Waals surface area contributed by atoms with Crippen molar-refractivity contribution in [3.63, 3.8) is 0 Å². The zero-order valence-corrected chi connectivity index (χ0v) is 16.0. The molecular formula is C15H15N5O2S3. The van der Waals surface area contributed by atoms with E-state index in [0.29, 0.717) is 22.1 Å². The summed E-state index contributed by atoms with van der Waals surface area (Å²) in [5, 5.41) is 15.3. The highest BCUT2D eigenvalue weighted by molar-refractivity contribution is 8.00. The van der Waals surface area contributed by atoms with E-state index < -0.39 is 0 Å². The second kappa shape index (κ2) is 8.37. The predicted molar refractivity (Wildman–Crippen MR) is 99.7 cm³/mol. The lowest BCUT2D eigenvalue weighted by atomic mass is 10.2. The second-order valence-electron chi connectivity index (χ2n) is 4.87. The minimum atomic E-state index is -0.243. The number of ether oxygens (including phenoxy) is 1. The van der Waals surface area contributed by atoms with Crippen LogP contribution in [0, 0.1) is 0 Å². The molecule has 3 rings (SSSR count). The first kappa shape index (κ1) is 17.8. The van der Waals surface area contributed by atoms with Gasteiger partial charge in [-0.25, -0.2) is 0 Å². The van der Waals surface area contributed by atoms with Gasteiger partial charge < -0.3 is 4.74 Å². The van der Waals surface area contributed by atoms with E-state index in [1.54, 1.807) is 18.9 Å². The first-order valence-electron chi connectivity index (χ1n) is 7.41. The average molecular weight is 394 g/mol. The Morgan fingerprint density at radius 1 is 1.32 bits per heavy atom. The number of hydrogen-bond acceptors (Lipinski definition) is 9. The smallest absolute Gasteiger partial charge is 0.271 e. The zero-order chi connectivity index (χ0) is 17.6. The Hall–Kier alpha value is -2.04. The van der Waals surface area contributed by atoms with Gasteiger partial charge in [-0.05, 0) is 35.6 Å². The number of anilines is 1. The van der Waals surface area contributed by atoms with Crippen LogP contribution >= 0.6 is 34.6 Å². The van der Waals surface area contributed by atoms with Crippen molar-refractivity contribution in [3.8, 4) is 5.75 Å². The topological polar surface area (TPSA) is 89.9 Å². The van der Waals surface area contributed by atoms with Crippen molar-refractivity contribution >= 4 is 45.7 Å². The van der Waals surface area contributed by atoms with Gasteiger partial charge in [0, 0.05) is 5.75 Å². The van der Waals surface area contributed by atoms with Gasteiger partial charge in [-0.2, -0.15) is 0 Å². The number of hydrogen-bond donors (Lipinski definition) is 1. The average Bonchev–Trinajstić information content (AvgIpc) is 3.29. The van der Waals surface area contributed by atoms with Crippen LogP contribution in [0.15, 0.2) is 28.6 Å². The van der Waals surface area contributed by atoms with Crippen LogP contribution in [-0.2, 0) is 12.2 Å². The Labute approximate surface area is 157 Å². The fraction of sp³-hybridized carbons (Fsp3) is 0.267. The van der Waals surface area contributed by atoms with E-state index in [1.807, 2.05) is 31.2 Å². The third-order valence-electron chi connectivity index (χ3n) is 3.22. The standard InChI is InChI=1S/C15H15N5O2S3/c1-3-11-12(25-20-17-11)13(21)16-14-18-19-15(24-14)23-8-9-5-4-6-10(7-9)22-2/h4-7H,3,8H2,1-2H3,(H,16,18,21). The van der Waals surface area contributed by atoms with Gasteiger partial charge in [0.05, 0.1) is 12.8 Å². The quantitative estimate of drug-likeness (QED) is 0.485. The number of thioether (sulfide) groups is 1. The van der Waals surface area contributed by atoms with Crippen molar-refractivity contribution in [1.82, 2.24) is 19.8 Å². The summed E-state index contributed by atoms with van der Waals surface area (Å²) in [7, 11) is 1.65. The third kappa shape index (κ3) is 4.53. The Bertz CT molecular complexity index is 864. The van der Waals surface area contributed by atoms with Crippen LogP contribution in [-0.4, -0.2) is 32.8 Å². The van der Waals surface area contributed by atoms with E-state index in [0.717, 1.165) is 32.9 Å². The summed E-state index contributed by atoms with van der Waals surface area (Å²) in [6.45, 7) is 1.94. The Morgan fingerprint density at radius 2 is 2.20 bits per heavy atom. The molecule has 0 aliphatic heterocycles. The summed E-state index contributed by atoms with van der Waals surface area (Å²) in [5.74, 6) is 1.33. The second-order valence-corrected chi connectivity index (χ2v) is 7.82. The van der Waals surface area contributed by atoms with Crippen LogP contribution in [0.1, 0.15) is 27.9 Å². The maximum Gasteiger partial charge on any atom is 0.271 e. The summed E-state index contributed by atoms with van der Waals surface area (Å²) >= 11 is 3.99. The Kier molecular flexibility index (Phi) is 5.95.